The van der Waals surface area contributed by atoms with Crippen molar-refractivity contribution in [3.05, 3.63) is 0 Å². The molecule has 2 aliphatic rings. The van der Waals surface area contributed by atoms with Gasteiger partial charge in [-0.15, -0.1) is 12.4 Å². The average molecular weight is 261 g/mol. The molecule has 2 rings (SSSR count). The predicted molar refractivity (Wildman–Crippen MR) is 72.5 cm³/mol. The SMILES string of the molecule is CC(NC1CC1)C(=O)NC1CCCCCC1.Cl. The van der Waals surface area contributed by atoms with E-state index in [-0.39, 0.29) is 24.4 Å². The summed E-state index contributed by atoms with van der Waals surface area (Å²) in [7, 11) is 0. The molecule has 1 amide bonds. The van der Waals surface area contributed by atoms with E-state index in [1.165, 1.54) is 51.4 Å². The molecule has 0 aromatic carbocycles. The van der Waals surface area contributed by atoms with Gasteiger partial charge in [-0.2, -0.15) is 0 Å². The van der Waals surface area contributed by atoms with Gasteiger partial charge in [0.2, 0.25) is 5.91 Å². The summed E-state index contributed by atoms with van der Waals surface area (Å²) < 4.78 is 0. The predicted octanol–water partition coefficient (Wildman–Crippen LogP) is 2.39. The highest BCUT2D eigenvalue weighted by atomic mass is 35.5. The number of carbonyl (C=O) groups is 1. The molecule has 0 aliphatic heterocycles. The minimum absolute atomic E-state index is 0. The summed E-state index contributed by atoms with van der Waals surface area (Å²) in [5, 5.41) is 6.54. The van der Waals surface area contributed by atoms with Crippen molar-refractivity contribution in [2.24, 2.45) is 0 Å². The van der Waals surface area contributed by atoms with E-state index in [4.69, 9.17) is 0 Å². The Morgan fingerprint density at radius 1 is 1.00 bits per heavy atom. The van der Waals surface area contributed by atoms with Gasteiger partial charge < -0.3 is 10.6 Å². The van der Waals surface area contributed by atoms with Gasteiger partial charge in [0.05, 0.1) is 6.04 Å². The molecule has 3 nitrogen and oxygen atoms in total. The first kappa shape index (κ1) is 14.8. The minimum Gasteiger partial charge on any atom is -0.352 e. The third-order valence-electron chi connectivity index (χ3n) is 3.66. The van der Waals surface area contributed by atoms with E-state index in [0.29, 0.717) is 12.1 Å². The molecular formula is C13H25ClN2O. The van der Waals surface area contributed by atoms with Crippen LogP contribution in [0.15, 0.2) is 0 Å². The Morgan fingerprint density at radius 2 is 1.59 bits per heavy atom. The normalized spacial score (nSPS) is 23.4. The van der Waals surface area contributed by atoms with Gasteiger partial charge in [-0.25, -0.2) is 0 Å². The number of rotatable bonds is 4. The molecule has 1 atom stereocenters. The Hall–Kier alpha value is -0.280. The molecule has 0 radical (unpaired) electrons. The zero-order chi connectivity index (χ0) is 11.4. The second kappa shape index (κ2) is 7.22. The molecule has 0 heterocycles. The number of hydrogen-bond donors (Lipinski definition) is 2. The van der Waals surface area contributed by atoms with Crippen molar-refractivity contribution in [1.82, 2.24) is 10.6 Å². The molecule has 17 heavy (non-hydrogen) atoms. The van der Waals surface area contributed by atoms with E-state index < -0.39 is 0 Å². The minimum atomic E-state index is -0.0178. The fourth-order valence-corrected chi connectivity index (χ4v) is 2.43. The lowest BCUT2D eigenvalue weighted by atomic mass is 10.1. The van der Waals surface area contributed by atoms with Crippen LogP contribution in [-0.2, 0) is 4.79 Å². The van der Waals surface area contributed by atoms with Gasteiger partial charge >= 0.3 is 0 Å². The van der Waals surface area contributed by atoms with Crippen molar-refractivity contribution in [1.29, 1.82) is 0 Å². The quantitative estimate of drug-likeness (QED) is 0.762. The lowest BCUT2D eigenvalue weighted by Gasteiger charge is -2.20. The van der Waals surface area contributed by atoms with E-state index >= 15 is 0 Å². The third-order valence-corrected chi connectivity index (χ3v) is 3.66. The van der Waals surface area contributed by atoms with E-state index in [9.17, 15) is 4.79 Å². The van der Waals surface area contributed by atoms with Gasteiger partial charge in [0.1, 0.15) is 0 Å². The van der Waals surface area contributed by atoms with Crippen LogP contribution in [0.4, 0.5) is 0 Å². The summed E-state index contributed by atoms with van der Waals surface area (Å²) in [6.07, 6.45) is 10.0. The summed E-state index contributed by atoms with van der Waals surface area (Å²) in [4.78, 5) is 11.9. The molecular weight excluding hydrogens is 236 g/mol. The Morgan fingerprint density at radius 3 is 2.12 bits per heavy atom. The monoisotopic (exact) mass is 260 g/mol. The lowest BCUT2D eigenvalue weighted by molar-refractivity contribution is -0.123. The molecule has 2 saturated carbocycles. The van der Waals surface area contributed by atoms with Crippen molar-refractivity contribution in [3.8, 4) is 0 Å². The average Bonchev–Trinajstić information content (AvgIpc) is 3.05. The third kappa shape index (κ3) is 5.26. The molecule has 0 saturated heterocycles. The van der Waals surface area contributed by atoms with Crippen LogP contribution in [0.5, 0.6) is 0 Å². The maximum Gasteiger partial charge on any atom is 0.237 e. The van der Waals surface area contributed by atoms with Gasteiger partial charge in [0, 0.05) is 12.1 Å². The highest BCUT2D eigenvalue weighted by molar-refractivity contribution is 5.85. The van der Waals surface area contributed by atoms with Gasteiger partial charge in [-0.05, 0) is 32.6 Å². The van der Waals surface area contributed by atoms with Crippen molar-refractivity contribution >= 4 is 18.3 Å². The lowest BCUT2D eigenvalue weighted by Crippen LogP contribution is -2.46. The standard InChI is InChI=1S/C13H24N2O.ClH/c1-10(14-12-8-9-12)13(16)15-11-6-4-2-3-5-7-11;/h10-12,14H,2-9H2,1H3,(H,15,16);1H. The summed E-state index contributed by atoms with van der Waals surface area (Å²) in [6, 6.07) is 1.02. The second-order valence-corrected chi connectivity index (χ2v) is 5.36. The van der Waals surface area contributed by atoms with Crippen molar-refractivity contribution in [2.45, 2.75) is 76.4 Å². The van der Waals surface area contributed by atoms with Crippen molar-refractivity contribution in [3.63, 3.8) is 0 Å². The molecule has 2 fully saturated rings. The van der Waals surface area contributed by atoms with Crippen LogP contribution in [-0.4, -0.2) is 24.0 Å². The zero-order valence-corrected chi connectivity index (χ0v) is 11.5. The van der Waals surface area contributed by atoms with Gasteiger partial charge in [-0.1, -0.05) is 25.7 Å². The van der Waals surface area contributed by atoms with Crippen LogP contribution in [0.1, 0.15) is 58.3 Å². The first-order valence-corrected chi connectivity index (χ1v) is 6.82. The van der Waals surface area contributed by atoms with E-state index in [1.54, 1.807) is 0 Å². The first-order chi connectivity index (χ1) is 7.75. The maximum atomic E-state index is 11.9. The molecule has 1 unspecified atom stereocenters. The Kier molecular flexibility index (Phi) is 6.28. The Bertz CT molecular complexity index is 236. The smallest absolute Gasteiger partial charge is 0.237 e. The summed E-state index contributed by atoms with van der Waals surface area (Å²) in [6.45, 7) is 1.98. The molecule has 4 heteroatoms. The number of nitrogens with one attached hydrogen (secondary N) is 2. The molecule has 0 aromatic rings. The molecule has 2 N–H and O–H groups in total. The summed E-state index contributed by atoms with van der Waals surface area (Å²) >= 11 is 0. The molecule has 2 aliphatic carbocycles. The number of hydrogen-bond acceptors (Lipinski definition) is 2. The van der Waals surface area contributed by atoms with Crippen LogP contribution in [0, 0.1) is 0 Å². The first-order valence-electron chi connectivity index (χ1n) is 6.82. The fraction of sp³-hybridized carbons (Fsp3) is 0.923. The van der Waals surface area contributed by atoms with Crippen LogP contribution in [0.25, 0.3) is 0 Å². The second-order valence-electron chi connectivity index (χ2n) is 5.36. The highest BCUT2D eigenvalue weighted by Gasteiger charge is 2.26. The van der Waals surface area contributed by atoms with Crippen LogP contribution in [0.3, 0.4) is 0 Å². The van der Waals surface area contributed by atoms with Crippen molar-refractivity contribution in [2.75, 3.05) is 0 Å². The Balaban J connectivity index is 0.00000144. The molecule has 0 bridgehead atoms. The Labute approximate surface area is 111 Å². The van der Waals surface area contributed by atoms with Gasteiger partial charge in [-0.3, -0.25) is 4.79 Å². The van der Waals surface area contributed by atoms with Crippen LogP contribution >= 0.6 is 12.4 Å². The topological polar surface area (TPSA) is 41.1 Å². The summed E-state index contributed by atoms with van der Waals surface area (Å²) in [5.41, 5.74) is 0. The number of carbonyl (C=O) groups excluding carboxylic acids is 1. The van der Waals surface area contributed by atoms with E-state index in [1.807, 2.05) is 6.92 Å². The largest absolute Gasteiger partial charge is 0.352 e. The van der Waals surface area contributed by atoms with Gasteiger partial charge in [0.25, 0.3) is 0 Å². The molecule has 100 valence electrons. The van der Waals surface area contributed by atoms with Crippen molar-refractivity contribution < 1.29 is 4.79 Å². The molecule has 0 aromatic heterocycles. The van der Waals surface area contributed by atoms with E-state index in [0.717, 1.165) is 0 Å². The number of amides is 1. The number of halogens is 1. The summed E-state index contributed by atoms with van der Waals surface area (Å²) in [5.74, 6) is 0.193. The highest BCUT2D eigenvalue weighted by Crippen LogP contribution is 2.20. The molecule has 0 spiro atoms. The van der Waals surface area contributed by atoms with Crippen LogP contribution in [0.2, 0.25) is 0 Å². The van der Waals surface area contributed by atoms with E-state index in [2.05, 4.69) is 10.6 Å². The van der Waals surface area contributed by atoms with Crippen LogP contribution < -0.4 is 10.6 Å². The zero-order valence-electron chi connectivity index (χ0n) is 10.7. The fourth-order valence-electron chi connectivity index (χ4n) is 2.43. The van der Waals surface area contributed by atoms with Gasteiger partial charge in [0.15, 0.2) is 0 Å². The maximum absolute atomic E-state index is 11.9.